The van der Waals surface area contributed by atoms with E-state index in [1.54, 1.807) is 19.1 Å². The Balaban J connectivity index is 2.02. The fraction of sp³-hybridized carbons (Fsp3) is 0.278. The van der Waals surface area contributed by atoms with Crippen LogP contribution in [0.15, 0.2) is 30.3 Å². The first-order chi connectivity index (χ1) is 12.4. The topological polar surface area (TPSA) is 56.5 Å². The maximum atomic E-state index is 13.8. The summed E-state index contributed by atoms with van der Waals surface area (Å²) >= 11 is 0. The Morgan fingerprint density at radius 1 is 1.27 bits per heavy atom. The van der Waals surface area contributed by atoms with Crippen LogP contribution < -0.4 is 0 Å². The predicted molar refractivity (Wildman–Crippen MR) is 86.8 cm³/mol. The van der Waals surface area contributed by atoms with Gasteiger partial charge >= 0.3 is 12.1 Å². The average Bonchev–Trinajstić information content (AvgIpc) is 3.02. The number of halogens is 3. The van der Waals surface area contributed by atoms with Crippen LogP contribution in [0.3, 0.4) is 0 Å². The van der Waals surface area contributed by atoms with Crippen molar-refractivity contribution in [3.05, 3.63) is 52.8 Å². The number of benzene rings is 1. The number of rotatable bonds is 2. The highest BCUT2D eigenvalue weighted by Gasteiger charge is 2.40. The molecule has 8 heteroatoms. The fourth-order valence-corrected chi connectivity index (χ4v) is 3.32. The Labute approximate surface area is 146 Å². The minimum atomic E-state index is -4.63. The first-order valence-electron chi connectivity index (χ1n) is 8.15. The molecule has 0 spiro atoms. The van der Waals surface area contributed by atoms with E-state index < -0.39 is 17.8 Å². The summed E-state index contributed by atoms with van der Waals surface area (Å²) in [5, 5.41) is 3.82. The van der Waals surface area contributed by atoms with Crippen molar-refractivity contribution in [3.63, 3.8) is 0 Å². The van der Waals surface area contributed by atoms with Crippen LogP contribution in [-0.4, -0.2) is 27.2 Å². The summed E-state index contributed by atoms with van der Waals surface area (Å²) in [7, 11) is 0. The lowest BCUT2D eigenvalue weighted by Gasteiger charge is -2.23. The lowest BCUT2D eigenvalue weighted by molar-refractivity contribution is -0.143. The van der Waals surface area contributed by atoms with E-state index in [9.17, 15) is 18.0 Å². The molecule has 0 unspecified atom stereocenters. The Bertz CT molecular complexity index is 1020. The third-order valence-electron chi connectivity index (χ3n) is 4.37. The van der Waals surface area contributed by atoms with Gasteiger partial charge in [0.1, 0.15) is 0 Å². The molecule has 1 aliphatic rings. The van der Waals surface area contributed by atoms with Gasteiger partial charge in [0.05, 0.1) is 12.3 Å². The molecule has 1 aromatic carbocycles. The van der Waals surface area contributed by atoms with Crippen LogP contribution in [0.1, 0.15) is 34.2 Å². The molecule has 0 fully saturated rings. The Morgan fingerprint density at radius 2 is 2.04 bits per heavy atom. The summed E-state index contributed by atoms with van der Waals surface area (Å²) in [6, 6.07) is 8.50. The second kappa shape index (κ2) is 5.82. The van der Waals surface area contributed by atoms with Crippen LogP contribution in [0.25, 0.3) is 16.9 Å². The number of fused-ring (bicyclic) bond motifs is 4. The molecule has 2 heterocycles. The van der Waals surface area contributed by atoms with E-state index in [2.05, 4.69) is 10.1 Å². The van der Waals surface area contributed by atoms with Crippen LogP contribution in [0.5, 0.6) is 0 Å². The highest BCUT2D eigenvalue weighted by atomic mass is 19.4. The molecule has 26 heavy (non-hydrogen) atoms. The van der Waals surface area contributed by atoms with Gasteiger partial charge in [-0.25, -0.2) is 14.3 Å². The summed E-state index contributed by atoms with van der Waals surface area (Å²) < 4.78 is 47.1. The molecular formula is C18H14F3N3O2. The molecular weight excluding hydrogens is 347 g/mol. The van der Waals surface area contributed by atoms with Gasteiger partial charge in [-0.15, -0.1) is 0 Å². The minimum Gasteiger partial charge on any atom is -0.461 e. The van der Waals surface area contributed by atoms with Crippen LogP contribution in [-0.2, 0) is 23.8 Å². The van der Waals surface area contributed by atoms with Gasteiger partial charge in [0.15, 0.2) is 17.0 Å². The Hall–Kier alpha value is -2.90. The van der Waals surface area contributed by atoms with E-state index in [4.69, 9.17) is 4.74 Å². The molecule has 0 N–H and O–H groups in total. The van der Waals surface area contributed by atoms with Gasteiger partial charge in [0.2, 0.25) is 0 Å². The molecule has 0 saturated heterocycles. The first kappa shape index (κ1) is 16.6. The van der Waals surface area contributed by atoms with E-state index in [1.165, 1.54) is 6.07 Å². The molecule has 0 radical (unpaired) electrons. The van der Waals surface area contributed by atoms with Crippen molar-refractivity contribution >= 4 is 11.6 Å². The summed E-state index contributed by atoms with van der Waals surface area (Å²) in [5.41, 5.74) is 0.916. The maximum Gasteiger partial charge on any atom is 0.433 e. The number of carbonyl (C=O) groups excluding carboxylic acids is 1. The van der Waals surface area contributed by atoms with Crippen LogP contribution in [0.2, 0.25) is 0 Å². The number of ether oxygens (including phenoxy) is 1. The average molecular weight is 361 g/mol. The summed E-state index contributed by atoms with van der Waals surface area (Å²) in [4.78, 5) is 16.3. The second-order valence-corrected chi connectivity index (χ2v) is 5.96. The maximum absolute atomic E-state index is 13.8. The zero-order valence-electron chi connectivity index (χ0n) is 13.8. The highest BCUT2D eigenvalue weighted by molar-refractivity contribution is 5.88. The Morgan fingerprint density at radius 3 is 2.77 bits per heavy atom. The molecule has 0 aliphatic heterocycles. The van der Waals surface area contributed by atoms with Crippen LogP contribution in [0, 0.1) is 0 Å². The van der Waals surface area contributed by atoms with E-state index in [-0.39, 0.29) is 29.9 Å². The molecule has 1 aliphatic carbocycles. The molecule has 0 amide bonds. The van der Waals surface area contributed by atoms with Gasteiger partial charge in [-0.1, -0.05) is 24.3 Å². The normalized spacial score (nSPS) is 13.4. The molecule has 134 valence electrons. The first-order valence-corrected chi connectivity index (χ1v) is 8.15. The number of hydrogen-bond donors (Lipinski definition) is 0. The Kier molecular flexibility index (Phi) is 3.71. The molecule has 0 atom stereocenters. The fourth-order valence-electron chi connectivity index (χ4n) is 3.32. The number of aryl methyl sites for hydroxylation is 1. The van der Waals surface area contributed by atoms with Gasteiger partial charge in [-0.05, 0) is 25.3 Å². The van der Waals surface area contributed by atoms with Crippen molar-refractivity contribution in [3.8, 4) is 11.3 Å². The van der Waals surface area contributed by atoms with Crippen LogP contribution >= 0.6 is 0 Å². The number of hydrogen-bond acceptors (Lipinski definition) is 4. The molecule has 0 saturated carbocycles. The van der Waals surface area contributed by atoms with Gasteiger partial charge in [-0.3, -0.25) is 0 Å². The van der Waals surface area contributed by atoms with E-state index in [0.29, 0.717) is 22.2 Å². The van der Waals surface area contributed by atoms with Gasteiger partial charge in [0.25, 0.3) is 0 Å². The third-order valence-corrected chi connectivity index (χ3v) is 4.37. The number of aromatic nitrogens is 3. The van der Waals surface area contributed by atoms with Crippen molar-refractivity contribution in [2.45, 2.75) is 25.9 Å². The molecule has 2 aromatic heterocycles. The van der Waals surface area contributed by atoms with E-state index in [1.807, 2.05) is 12.1 Å². The molecule has 4 rings (SSSR count). The van der Waals surface area contributed by atoms with Gasteiger partial charge < -0.3 is 4.74 Å². The lowest BCUT2D eigenvalue weighted by atomic mass is 9.88. The lowest BCUT2D eigenvalue weighted by Crippen LogP contribution is -2.21. The largest absolute Gasteiger partial charge is 0.461 e. The number of nitrogens with zero attached hydrogens (tertiary/aromatic N) is 3. The van der Waals surface area contributed by atoms with Crippen molar-refractivity contribution in [1.82, 2.24) is 14.6 Å². The number of esters is 1. The predicted octanol–water partition coefficient (Wildman–Crippen LogP) is 3.69. The zero-order valence-corrected chi connectivity index (χ0v) is 13.8. The smallest absolute Gasteiger partial charge is 0.433 e. The summed E-state index contributed by atoms with van der Waals surface area (Å²) in [6.07, 6.45) is -3.93. The van der Waals surface area contributed by atoms with Crippen molar-refractivity contribution in [2.24, 2.45) is 0 Å². The quantitative estimate of drug-likeness (QED) is 0.653. The van der Waals surface area contributed by atoms with Crippen LogP contribution in [0.4, 0.5) is 13.2 Å². The molecule has 3 aromatic rings. The van der Waals surface area contributed by atoms with Crippen molar-refractivity contribution < 1.29 is 22.7 Å². The van der Waals surface area contributed by atoms with E-state index in [0.717, 1.165) is 5.56 Å². The summed E-state index contributed by atoms with van der Waals surface area (Å²) in [6.45, 7) is 1.72. The van der Waals surface area contributed by atoms with Gasteiger partial charge in [-0.2, -0.15) is 18.3 Å². The zero-order chi connectivity index (χ0) is 18.5. The monoisotopic (exact) mass is 361 g/mol. The van der Waals surface area contributed by atoms with E-state index >= 15 is 0 Å². The highest BCUT2D eigenvalue weighted by Crippen LogP contribution is 2.40. The number of carbonyl (C=O) groups is 1. The van der Waals surface area contributed by atoms with Crippen molar-refractivity contribution in [2.75, 3.05) is 6.61 Å². The van der Waals surface area contributed by atoms with Gasteiger partial charge in [0, 0.05) is 17.2 Å². The molecule has 5 nitrogen and oxygen atoms in total. The summed E-state index contributed by atoms with van der Waals surface area (Å²) in [5.74, 6) is -0.774. The van der Waals surface area contributed by atoms with Crippen molar-refractivity contribution in [1.29, 1.82) is 0 Å². The minimum absolute atomic E-state index is 0.0316. The number of alkyl halides is 3. The standard InChI is InChI=1S/C18H14F3N3O2/c1-2-26-17(25)13-9-14-22-15-11-6-4-3-5-10(11)7-8-12(15)16(18(19,20)21)24(14)23-13/h3-6,9H,2,7-8H2,1H3. The second-order valence-electron chi connectivity index (χ2n) is 5.96. The third kappa shape index (κ3) is 2.53. The molecule has 0 bridgehead atoms. The SMILES string of the molecule is CCOC(=O)c1cc2nc3c(c(C(F)(F)F)n2n1)CCc1ccccc1-3.